The van der Waals surface area contributed by atoms with Gasteiger partial charge in [0.25, 0.3) is 5.91 Å². The molecular formula is C17H27N3O3. The average molecular weight is 321 g/mol. The van der Waals surface area contributed by atoms with Crippen LogP contribution >= 0.6 is 0 Å². The van der Waals surface area contributed by atoms with Gasteiger partial charge in [-0.25, -0.2) is 0 Å². The van der Waals surface area contributed by atoms with Crippen LogP contribution in [0.1, 0.15) is 25.8 Å². The molecule has 0 aliphatic rings. The third-order valence-corrected chi connectivity index (χ3v) is 3.57. The van der Waals surface area contributed by atoms with Crippen molar-refractivity contribution < 1.29 is 14.7 Å². The zero-order chi connectivity index (χ0) is 17.4. The third kappa shape index (κ3) is 6.38. The van der Waals surface area contributed by atoms with Crippen LogP contribution in [0, 0.1) is 5.92 Å². The Morgan fingerprint density at radius 2 is 1.78 bits per heavy atom. The molecule has 0 aromatic heterocycles. The fourth-order valence-corrected chi connectivity index (χ4v) is 2.33. The standard InChI is InChI=1S/C17H27N3O3/c1-11(2)9-14(16(22)19-3)20-17(23)15(21)13(18)10-12-7-5-4-6-8-12/h4-8,11,13-15,21H,9-10,18H2,1-3H3,(H,19,22)(H,20,23)/t13-,14+,15+/m1/s1. The summed E-state index contributed by atoms with van der Waals surface area (Å²) >= 11 is 0. The maximum Gasteiger partial charge on any atom is 0.251 e. The van der Waals surface area contributed by atoms with E-state index in [0.717, 1.165) is 5.56 Å². The zero-order valence-electron chi connectivity index (χ0n) is 14.0. The van der Waals surface area contributed by atoms with Crippen molar-refractivity contribution in [1.29, 1.82) is 0 Å². The highest BCUT2D eigenvalue weighted by molar-refractivity contribution is 5.89. The van der Waals surface area contributed by atoms with Gasteiger partial charge in [-0.15, -0.1) is 0 Å². The van der Waals surface area contributed by atoms with Crippen LogP contribution in [-0.2, 0) is 16.0 Å². The Labute approximate surface area is 137 Å². The number of nitrogens with one attached hydrogen (secondary N) is 2. The summed E-state index contributed by atoms with van der Waals surface area (Å²) in [6.45, 7) is 3.92. The highest BCUT2D eigenvalue weighted by Crippen LogP contribution is 2.08. The number of nitrogens with two attached hydrogens (primary N) is 1. The lowest BCUT2D eigenvalue weighted by Crippen LogP contribution is -2.53. The Balaban J connectivity index is 2.64. The molecule has 0 unspecified atom stereocenters. The molecule has 0 bridgehead atoms. The van der Waals surface area contributed by atoms with Crippen molar-refractivity contribution in [1.82, 2.24) is 10.6 Å². The summed E-state index contributed by atoms with van der Waals surface area (Å²) in [6, 6.07) is 8.00. The number of rotatable bonds is 8. The van der Waals surface area contributed by atoms with Gasteiger partial charge in [0.2, 0.25) is 5.91 Å². The van der Waals surface area contributed by atoms with Crippen molar-refractivity contribution in [2.24, 2.45) is 11.7 Å². The largest absolute Gasteiger partial charge is 0.382 e. The maximum absolute atomic E-state index is 12.2. The molecule has 6 nitrogen and oxygen atoms in total. The number of hydrogen-bond donors (Lipinski definition) is 4. The van der Waals surface area contributed by atoms with Gasteiger partial charge < -0.3 is 21.5 Å². The minimum atomic E-state index is -1.37. The van der Waals surface area contributed by atoms with E-state index in [2.05, 4.69) is 10.6 Å². The van der Waals surface area contributed by atoms with Gasteiger partial charge in [0.05, 0.1) is 0 Å². The number of likely N-dealkylation sites (N-methyl/N-ethyl adjacent to an activating group) is 1. The lowest BCUT2D eigenvalue weighted by Gasteiger charge is -2.23. The molecule has 0 aliphatic carbocycles. The van der Waals surface area contributed by atoms with Crippen LogP contribution in [0.2, 0.25) is 0 Å². The molecule has 6 heteroatoms. The molecule has 0 fully saturated rings. The van der Waals surface area contributed by atoms with Crippen molar-refractivity contribution in [2.75, 3.05) is 7.05 Å². The second-order valence-electron chi connectivity index (χ2n) is 6.10. The van der Waals surface area contributed by atoms with Crippen LogP contribution < -0.4 is 16.4 Å². The van der Waals surface area contributed by atoms with Crippen LogP contribution in [0.5, 0.6) is 0 Å². The molecule has 0 saturated heterocycles. The molecule has 2 amide bonds. The van der Waals surface area contributed by atoms with Crippen molar-refractivity contribution >= 4 is 11.8 Å². The van der Waals surface area contributed by atoms with Crippen molar-refractivity contribution in [3.8, 4) is 0 Å². The topological polar surface area (TPSA) is 104 Å². The summed E-state index contributed by atoms with van der Waals surface area (Å²) in [6.07, 6.45) is -0.495. The first-order valence-corrected chi connectivity index (χ1v) is 7.84. The molecule has 0 radical (unpaired) electrons. The van der Waals surface area contributed by atoms with E-state index in [0.29, 0.717) is 12.8 Å². The fourth-order valence-electron chi connectivity index (χ4n) is 2.33. The number of hydrogen-bond acceptors (Lipinski definition) is 4. The summed E-state index contributed by atoms with van der Waals surface area (Å²) in [7, 11) is 1.51. The first-order valence-electron chi connectivity index (χ1n) is 7.84. The Morgan fingerprint density at radius 3 is 2.30 bits per heavy atom. The lowest BCUT2D eigenvalue weighted by molar-refractivity contribution is -0.134. The van der Waals surface area contributed by atoms with Gasteiger partial charge in [-0.3, -0.25) is 9.59 Å². The fraction of sp³-hybridized carbons (Fsp3) is 0.529. The first kappa shape index (κ1) is 19.1. The predicted octanol–water partition coefficient (Wildman–Crippen LogP) is 0.194. The third-order valence-electron chi connectivity index (χ3n) is 3.57. The molecule has 0 saturated carbocycles. The molecule has 3 atom stereocenters. The second kappa shape index (κ2) is 9.27. The molecule has 0 spiro atoms. The summed E-state index contributed by atoms with van der Waals surface area (Å²) in [4.78, 5) is 24.0. The monoisotopic (exact) mass is 321 g/mol. The smallest absolute Gasteiger partial charge is 0.251 e. The normalized spacial score (nSPS) is 14.9. The summed E-state index contributed by atoms with van der Waals surface area (Å²) < 4.78 is 0. The van der Waals surface area contributed by atoms with E-state index in [1.54, 1.807) is 0 Å². The molecule has 1 aromatic rings. The highest BCUT2D eigenvalue weighted by atomic mass is 16.3. The number of amides is 2. The van der Waals surface area contributed by atoms with Crippen LogP contribution in [0.3, 0.4) is 0 Å². The summed E-state index contributed by atoms with van der Waals surface area (Å²) in [5, 5.41) is 15.2. The molecule has 1 rings (SSSR count). The minimum Gasteiger partial charge on any atom is -0.382 e. The van der Waals surface area contributed by atoms with Crippen LogP contribution in [0.4, 0.5) is 0 Å². The van der Waals surface area contributed by atoms with Gasteiger partial charge >= 0.3 is 0 Å². The van der Waals surface area contributed by atoms with Crippen LogP contribution in [0.25, 0.3) is 0 Å². The van der Waals surface area contributed by atoms with E-state index in [4.69, 9.17) is 5.73 Å². The van der Waals surface area contributed by atoms with Crippen molar-refractivity contribution in [3.05, 3.63) is 35.9 Å². The highest BCUT2D eigenvalue weighted by Gasteiger charge is 2.28. The maximum atomic E-state index is 12.2. The Bertz CT molecular complexity index is 505. The van der Waals surface area contributed by atoms with E-state index in [1.165, 1.54) is 7.05 Å². The molecule has 0 aliphatic heterocycles. The summed E-state index contributed by atoms with van der Waals surface area (Å²) in [5.41, 5.74) is 6.87. The minimum absolute atomic E-state index is 0.229. The molecular weight excluding hydrogens is 294 g/mol. The molecule has 5 N–H and O–H groups in total. The molecule has 0 heterocycles. The Morgan fingerprint density at radius 1 is 1.17 bits per heavy atom. The Kier molecular flexibility index (Phi) is 7.71. The second-order valence-corrected chi connectivity index (χ2v) is 6.10. The number of benzene rings is 1. The number of carbonyl (C=O) groups is 2. The van der Waals surface area contributed by atoms with E-state index in [-0.39, 0.29) is 11.8 Å². The predicted molar refractivity (Wildman–Crippen MR) is 89.6 cm³/mol. The average Bonchev–Trinajstić information content (AvgIpc) is 2.53. The first-order chi connectivity index (χ1) is 10.8. The van der Waals surface area contributed by atoms with E-state index in [9.17, 15) is 14.7 Å². The van der Waals surface area contributed by atoms with Crippen molar-refractivity contribution in [2.45, 2.75) is 44.9 Å². The Hall–Kier alpha value is -1.92. The lowest BCUT2D eigenvalue weighted by atomic mass is 10.00. The summed E-state index contributed by atoms with van der Waals surface area (Å²) in [5.74, 6) is -0.675. The molecule has 23 heavy (non-hydrogen) atoms. The van der Waals surface area contributed by atoms with E-state index < -0.39 is 24.1 Å². The number of aliphatic hydroxyl groups is 1. The quantitative estimate of drug-likeness (QED) is 0.549. The SMILES string of the molecule is CNC(=O)[C@H](CC(C)C)NC(=O)[C@@H](O)[C@H](N)Cc1ccccc1. The van der Waals surface area contributed by atoms with Crippen LogP contribution in [0.15, 0.2) is 30.3 Å². The zero-order valence-corrected chi connectivity index (χ0v) is 14.0. The van der Waals surface area contributed by atoms with E-state index in [1.807, 2.05) is 44.2 Å². The van der Waals surface area contributed by atoms with Gasteiger partial charge in [0.15, 0.2) is 0 Å². The number of carbonyl (C=O) groups excluding carboxylic acids is 2. The van der Waals surface area contributed by atoms with Gasteiger partial charge in [-0.2, -0.15) is 0 Å². The van der Waals surface area contributed by atoms with Gasteiger partial charge in [-0.05, 0) is 24.3 Å². The van der Waals surface area contributed by atoms with Gasteiger partial charge in [-0.1, -0.05) is 44.2 Å². The van der Waals surface area contributed by atoms with Crippen molar-refractivity contribution in [3.63, 3.8) is 0 Å². The van der Waals surface area contributed by atoms with Gasteiger partial charge in [0, 0.05) is 13.1 Å². The molecule has 128 valence electrons. The number of aliphatic hydroxyl groups excluding tert-OH is 1. The van der Waals surface area contributed by atoms with E-state index >= 15 is 0 Å². The molecule has 1 aromatic carbocycles. The van der Waals surface area contributed by atoms with Gasteiger partial charge in [0.1, 0.15) is 12.1 Å². The van der Waals surface area contributed by atoms with Crippen LogP contribution in [-0.4, -0.2) is 42.2 Å².